The molecule has 7 aromatic carbocycles. The predicted molar refractivity (Wildman–Crippen MR) is 236 cm³/mol. The van der Waals surface area contributed by atoms with Crippen LogP contribution in [0.1, 0.15) is 97.9 Å². The molecule has 0 N–H and O–H groups in total. The maximum absolute atomic E-state index is 2.58. The molecule has 0 saturated heterocycles. The van der Waals surface area contributed by atoms with Gasteiger partial charge in [-0.25, -0.2) is 0 Å². The molecule has 3 aliphatic rings. The quantitative estimate of drug-likeness (QED) is 0.165. The highest BCUT2D eigenvalue weighted by Gasteiger charge is 2.47. The molecule has 0 aliphatic heterocycles. The van der Waals surface area contributed by atoms with E-state index in [1.165, 1.54) is 116 Å². The smallest absolute Gasteiger partial charge is 0.0714 e. The summed E-state index contributed by atoms with van der Waals surface area (Å²) in [6.45, 7) is 9.73. The molecule has 10 rings (SSSR count). The molecule has 1 nitrogen and oxygen atoms in total. The van der Waals surface area contributed by atoms with Gasteiger partial charge in [0.1, 0.15) is 0 Å². The largest absolute Gasteiger partial charge is 0.310 e. The maximum Gasteiger partial charge on any atom is 0.0714 e. The summed E-state index contributed by atoms with van der Waals surface area (Å²) >= 11 is 0. The van der Waals surface area contributed by atoms with Gasteiger partial charge in [0, 0.05) is 16.9 Å². The third-order valence-corrected chi connectivity index (χ3v) is 13.6. The van der Waals surface area contributed by atoms with Crippen LogP contribution in [0.3, 0.4) is 0 Å². The number of hydrogen-bond donors (Lipinski definition) is 0. The maximum atomic E-state index is 2.58. The van der Waals surface area contributed by atoms with E-state index >= 15 is 0 Å². The van der Waals surface area contributed by atoms with E-state index in [9.17, 15) is 0 Å². The lowest BCUT2D eigenvalue weighted by Gasteiger charge is -2.42. The summed E-state index contributed by atoms with van der Waals surface area (Å²) in [6, 6.07) is 62.5. The first-order valence-electron chi connectivity index (χ1n) is 20.8. The molecule has 3 aliphatic carbocycles. The van der Waals surface area contributed by atoms with Crippen LogP contribution < -0.4 is 4.90 Å². The van der Waals surface area contributed by atoms with Crippen LogP contribution in [-0.2, 0) is 29.1 Å². The number of hydrogen-bond acceptors (Lipinski definition) is 1. The molecule has 7 aromatic rings. The van der Waals surface area contributed by atoms with Crippen molar-refractivity contribution in [3.63, 3.8) is 0 Å². The molecule has 0 radical (unpaired) electrons. The van der Waals surface area contributed by atoms with Crippen LogP contribution in [0.25, 0.3) is 22.3 Å². The summed E-state index contributed by atoms with van der Waals surface area (Å²) in [7, 11) is 0. The molecule has 0 amide bonds. The Morgan fingerprint density at radius 1 is 0.411 bits per heavy atom. The highest BCUT2D eigenvalue weighted by Crippen LogP contribution is 2.59. The number of para-hydroxylation sites is 1. The Balaban J connectivity index is 1.32. The second-order valence-electron chi connectivity index (χ2n) is 17.8. The van der Waals surface area contributed by atoms with E-state index < -0.39 is 5.41 Å². The van der Waals surface area contributed by atoms with E-state index in [4.69, 9.17) is 0 Å². The molecule has 0 fully saturated rings. The van der Waals surface area contributed by atoms with Crippen LogP contribution in [0.5, 0.6) is 0 Å². The zero-order valence-corrected chi connectivity index (χ0v) is 33.3. The number of rotatable bonds is 6. The molecule has 1 heteroatoms. The lowest BCUT2D eigenvalue weighted by atomic mass is 9.63. The van der Waals surface area contributed by atoms with Crippen molar-refractivity contribution >= 4 is 17.1 Å². The number of aryl methyl sites for hydroxylation is 2. The average molecular weight is 726 g/mol. The van der Waals surface area contributed by atoms with E-state index in [-0.39, 0.29) is 10.8 Å². The van der Waals surface area contributed by atoms with Crippen molar-refractivity contribution in [1.82, 2.24) is 0 Å². The Labute approximate surface area is 333 Å². The van der Waals surface area contributed by atoms with Crippen molar-refractivity contribution in [3.8, 4) is 22.3 Å². The SMILES string of the molecule is CC1(C)CCC(C)(C)c2cc(N(c3ccccc3)c3cc4c(cc3-c3ccc5c(c3)CCCC5)-c3ccccc3C4(c3ccccc3)c3ccccc3)ccc21. The van der Waals surface area contributed by atoms with Crippen molar-refractivity contribution in [2.45, 2.75) is 82.5 Å². The zero-order valence-electron chi connectivity index (χ0n) is 33.3. The van der Waals surface area contributed by atoms with E-state index in [1.54, 1.807) is 0 Å². The van der Waals surface area contributed by atoms with Crippen molar-refractivity contribution in [3.05, 3.63) is 208 Å². The second kappa shape index (κ2) is 13.2. The molecule has 0 heterocycles. The fourth-order valence-electron chi connectivity index (χ4n) is 10.5. The minimum absolute atomic E-state index is 0.0832. The number of nitrogens with zero attached hydrogens (tertiary/aromatic N) is 1. The van der Waals surface area contributed by atoms with Crippen LogP contribution in [0.15, 0.2) is 164 Å². The third-order valence-electron chi connectivity index (χ3n) is 13.6. The molecule has 0 unspecified atom stereocenters. The number of benzene rings is 7. The molecule has 0 atom stereocenters. The van der Waals surface area contributed by atoms with Crippen LogP contribution in [-0.4, -0.2) is 0 Å². The zero-order chi connectivity index (χ0) is 38.1. The molecule has 0 aromatic heterocycles. The Hall–Kier alpha value is -5.66. The summed E-state index contributed by atoms with van der Waals surface area (Å²) in [6.07, 6.45) is 7.24. The number of fused-ring (bicyclic) bond motifs is 5. The summed E-state index contributed by atoms with van der Waals surface area (Å²) in [5.41, 5.74) is 19.7. The lowest BCUT2D eigenvalue weighted by Crippen LogP contribution is -2.34. The average Bonchev–Trinajstić information content (AvgIpc) is 3.53. The first-order chi connectivity index (χ1) is 27.3. The molecule has 0 bridgehead atoms. The van der Waals surface area contributed by atoms with Crippen LogP contribution >= 0.6 is 0 Å². The van der Waals surface area contributed by atoms with Crippen molar-refractivity contribution in [2.75, 3.05) is 4.90 Å². The molecule has 276 valence electrons. The molecular weight excluding hydrogens is 675 g/mol. The monoisotopic (exact) mass is 725 g/mol. The standard InChI is InChI=1S/C55H51N/c1-53(2)32-33-54(3,4)51-35-44(30-31-49(51)53)56(43-24-12-7-13-25-43)52-37-50-47(36-46(52)40-29-28-38-18-14-15-19-39(38)34-40)45-26-16-17-27-48(45)55(50,41-20-8-5-9-21-41)42-22-10-6-11-23-42/h5-13,16-17,20-31,34-37H,14-15,18-19,32-33H2,1-4H3. The van der Waals surface area contributed by atoms with Crippen molar-refractivity contribution < 1.29 is 0 Å². The molecule has 0 spiro atoms. The summed E-state index contributed by atoms with van der Waals surface area (Å²) < 4.78 is 0. The molecule has 56 heavy (non-hydrogen) atoms. The normalized spacial score (nSPS) is 16.9. The van der Waals surface area contributed by atoms with Gasteiger partial charge < -0.3 is 4.90 Å². The van der Waals surface area contributed by atoms with Gasteiger partial charge in [-0.3, -0.25) is 0 Å². The van der Waals surface area contributed by atoms with Gasteiger partial charge in [-0.05, 0) is 147 Å². The van der Waals surface area contributed by atoms with Crippen LogP contribution in [0, 0.1) is 0 Å². The van der Waals surface area contributed by atoms with E-state index in [0.29, 0.717) is 0 Å². The summed E-state index contributed by atoms with van der Waals surface area (Å²) in [4.78, 5) is 2.57. The van der Waals surface area contributed by atoms with Gasteiger partial charge in [0.25, 0.3) is 0 Å². The minimum Gasteiger partial charge on any atom is -0.310 e. The van der Waals surface area contributed by atoms with Crippen molar-refractivity contribution in [1.29, 1.82) is 0 Å². The fourth-order valence-corrected chi connectivity index (χ4v) is 10.5. The van der Waals surface area contributed by atoms with Crippen molar-refractivity contribution in [2.24, 2.45) is 0 Å². The predicted octanol–water partition coefficient (Wildman–Crippen LogP) is 14.4. The molecule has 0 saturated carbocycles. The topological polar surface area (TPSA) is 3.24 Å². The van der Waals surface area contributed by atoms with Crippen LogP contribution in [0.2, 0.25) is 0 Å². The van der Waals surface area contributed by atoms with Gasteiger partial charge in [0.15, 0.2) is 0 Å². The second-order valence-corrected chi connectivity index (χ2v) is 17.8. The minimum atomic E-state index is -0.498. The van der Waals surface area contributed by atoms with Gasteiger partial charge in [-0.1, -0.05) is 155 Å². The first kappa shape index (κ1) is 34.8. The Bertz CT molecular complexity index is 2540. The molecular formula is C55H51N. The highest BCUT2D eigenvalue weighted by atomic mass is 15.1. The Morgan fingerprint density at radius 2 is 1.02 bits per heavy atom. The fraction of sp³-hybridized carbons (Fsp3) is 0.236. The van der Waals surface area contributed by atoms with E-state index in [1.807, 2.05) is 0 Å². The Morgan fingerprint density at radius 3 is 1.71 bits per heavy atom. The Kier molecular flexibility index (Phi) is 8.22. The first-order valence-corrected chi connectivity index (χ1v) is 20.8. The van der Waals surface area contributed by atoms with E-state index in [0.717, 1.165) is 6.42 Å². The van der Waals surface area contributed by atoms with Gasteiger partial charge >= 0.3 is 0 Å². The number of anilines is 3. The van der Waals surface area contributed by atoms with Gasteiger partial charge in [0.05, 0.1) is 11.1 Å². The van der Waals surface area contributed by atoms with Crippen LogP contribution in [0.4, 0.5) is 17.1 Å². The highest BCUT2D eigenvalue weighted by molar-refractivity contribution is 5.96. The van der Waals surface area contributed by atoms with Gasteiger partial charge in [0.2, 0.25) is 0 Å². The summed E-state index contributed by atoms with van der Waals surface area (Å²) in [5, 5.41) is 0. The lowest BCUT2D eigenvalue weighted by molar-refractivity contribution is 0.332. The van der Waals surface area contributed by atoms with Gasteiger partial charge in [-0.2, -0.15) is 0 Å². The summed E-state index contributed by atoms with van der Waals surface area (Å²) in [5.74, 6) is 0. The third kappa shape index (κ3) is 5.42. The van der Waals surface area contributed by atoms with E-state index in [2.05, 4.69) is 196 Å². The van der Waals surface area contributed by atoms with Gasteiger partial charge in [-0.15, -0.1) is 0 Å².